The van der Waals surface area contributed by atoms with Crippen LogP contribution in [0, 0.1) is 0 Å². The fourth-order valence-electron chi connectivity index (χ4n) is 6.52. The van der Waals surface area contributed by atoms with Gasteiger partial charge in [0.25, 0.3) is 0 Å². The van der Waals surface area contributed by atoms with Crippen LogP contribution in [0.4, 0.5) is 4.79 Å². The molecule has 3 heterocycles. The van der Waals surface area contributed by atoms with E-state index in [4.69, 9.17) is 9.47 Å². The summed E-state index contributed by atoms with van der Waals surface area (Å²) in [5.74, 6) is 0.482. The van der Waals surface area contributed by atoms with E-state index in [-0.39, 0.29) is 24.1 Å². The summed E-state index contributed by atoms with van der Waals surface area (Å²) in [7, 11) is 1.57. The summed E-state index contributed by atoms with van der Waals surface area (Å²) in [6, 6.07) is 20.3. The highest BCUT2D eigenvalue weighted by Crippen LogP contribution is 2.47. The summed E-state index contributed by atoms with van der Waals surface area (Å²) in [6.45, 7) is 0.309. The number of amides is 1. The molecule has 6 nitrogen and oxygen atoms in total. The quantitative estimate of drug-likeness (QED) is 0.564. The second-order valence-electron chi connectivity index (χ2n) is 9.95. The number of methoxy groups -OCH3 is 1. The molecule has 1 aromatic heterocycles. The van der Waals surface area contributed by atoms with Gasteiger partial charge in [-0.1, -0.05) is 48.5 Å². The van der Waals surface area contributed by atoms with Crippen LogP contribution in [0.25, 0.3) is 11.1 Å². The molecule has 2 bridgehead atoms. The normalized spacial score (nSPS) is 25.0. The van der Waals surface area contributed by atoms with E-state index in [1.807, 2.05) is 29.2 Å². The minimum absolute atomic E-state index is 0.0348. The molecular weight excluding hydrogens is 440 g/mol. The molecule has 0 radical (unpaired) electrons. The number of ether oxygens (including phenoxy) is 2. The van der Waals surface area contributed by atoms with Crippen LogP contribution < -0.4 is 4.74 Å². The molecule has 2 atom stereocenters. The van der Waals surface area contributed by atoms with Crippen molar-refractivity contribution in [2.75, 3.05) is 13.7 Å². The number of piperidine rings is 2. The van der Waals surface area contributed by atoms with Crippen LogP contribution >= 0.6 is 0 Å². The number of rotatable bonds is 4. The van der Waals surface area contributed by atoms with Gasteiger partial charge in [0, 0.05) is 42.6 Å². The lowest BCUT2D eigenvalue weighted by atomic mass is 9.73. The minimum atomic E-state index is -1.07. The molecular formula is C29H30N2O4. The van der Waals surface area contributed by atoms with Crippen LogP contribution in [0.1, 0.15) is 54.7 Å². The zero-order chi connectivity index (χ0) is 24.0. The Morgan fingerprint density at radius 2 is 1.63 bits per heavy atom. The first-order valence-electron chi connectivity index (χ1n) is 12.4. The van der Waals surface area contributed by atoms with Gasteiger partial charge in [0.15, 0.2) is 0 Å². The molecule has 6 rings (SSSR count). The lowest BCUT2D eigenvalue weighted by Crippen LogP contribution is -2.59. The van der Waals surface area contributed by atoms with Gasteiger partial charge in [-0.3, -0.25) is 0 Å². The molecule has 180 valence electrons. The number of nitrogens with zero attached hydrogens (tertiary/aromatic N) is 2. The number of hydrogen-bond donors (Lipinski definition) is 1. The van der Waals surface area contributed by atoms with Crippen molar-refractivity contribution in [1.29, 1.82) is 0 Å². The number of fused-ring (bicyclic) bond motifs is 5. The van der Waals surface area contributed by atoms with Gasteiger partial charge in [0.2, 0.25) is 5.88 Å². The van der Waals surface area contributed by atoms with Gasteiger partial charge >= 0.3 is 6.09 Å². The number of carbonyl (C=O) groups is 1. The van der Waals surface area contributed by atoms with E-state index < -0.39 is 5.60 Å². The Morgan fingerprint density at radius 3 is 2.26 bits per heavy atom. The Morgan fingerprint density at radius 1 is 1.00 bits per heavy atom. The molecule has 1 N–H and O–H groups in total. The summed E-state index contributed by atoms with van der Waals surface area (Å²) in [6.07, 6.45) is 5.05. The molecule has 0 spiro atoms. The van der Waals surface area contributed by atoms with Crippen molar-refractivity contribution in [1.82, 2.24) is 9.88 Å². The first-order valence-corrected chi connectivity index (χ1v) is 12.4. The lowest BCUT2D eigenvalue weighted by Gasteiger charge is -2.51. The Bertz CT molecular complexity index is 1200. The highest BCUT2D eigenvalue weighted by Gasteiger charge is 2.50. The van der Waals surface area contributed by atoms with Gasteiger partial charge in [-0.15, -0.1) is 0 Å². The molecule has 0 saturated carbocycles. The summed E-state index contributed by atoms with van der Waals surface area (Å²) in [4.78, 5) is 19.6. The molecule has 2 aliphatic heterocycles. The Balaban J connectivity index is 1.21. The van der Waals surface area contributed by atoms with Crippen molar-refractivity contribution in [3.8, 4) is 17.0 Å². The van der Waals surface area contributed by atoms with Gasteiger partial charge in [-0.25, -0.2) is 9.78 Å². The third-order valence-corrected chi connectivity index (χ3v) is 8.02. The fraction of sp³-hybridized carbons (Fsp3) is 0.379. The number of carbonyl (C=O) groups excluding carboxylic acids is 1. The summed E-state index contributed by atoms with van der Waals surface area (Å²) < 4.78 is 11.4. The van der Waals surface area contributed by atoms with Crippen molar-refractivity contribution < 1.29 is 19.4 Å². The van der Waals surface area contributed by atoms with Crippen LogP contribution in [0.5, 0.6) is 5.88 Å². The van der Waals surface area contributed by atoms with Crippen molar-refractivity contribution in [3.63, 3.8) is 0 Å². The Labute approximate surface area is 205 Å². The standard InChI is InChI=1S/C29H30N2O4/c1-34-27-26(14-7-15-30-27)29(33)16-19-8-6-9-20(17-29)31(19)28(32)35-18-25-23-12-4-2-10-21(23)22-11-3-5-13-24(22)25/h2-5,7,10-15,19-20,25,33H,6,8-9,16-18H2,1H3. The average Bonchev–Trinajstić information content (AvgIpc) is 3.20. The number of benzene rings is 2. The monoisotopic (exact) mass is 470 g/mol. The van der Waals surface area contributed by atoms with E-state index in [0.717, 1.165) is 19.3 Å². The number of aliphatic hydroxyl groups is 1. The van der Waals surface area contributed by atoms with Crippen molar-refractivity contribution in [2.45, 2.75) is 55.7 Å². The molecule has 2 unspecified atom stereocenters. The second kappa shape index (κ2) is 8.68. The van der Waals surface area contributed by atoms with Gasteiger partial charge in [-0.2, -0.15) is 0 Å². The predicted molar refractivity (Wildman–Crippen MR) is 132 cm³/mol. The van der Waals surface area contributed by atoms with E-state index in [1.54, 1.807) is 13.3 Å². The first-order chi connectivity index (χ1) is 17.1. The first kappa shape index (κ1) is 22.1. The highest BCUT2D eigenvalue weighted by atomic mass is 16.6. The molecule has 6 heteroatoms. The van der Waals surface area contributed by atoms with Crippen LogP contribution in [-0.2, 0) is 10.3 Å². The predicted octanol–water partition coefficient (Wildman–Crippen LogP) is 5.24. The maximum Gasteiger partial charge on any atom is 0.410 e. The lowest BCUT2D eigenvalue weighted by molar-refractivity contribution is -0.0901. The second-order valence-corrected chi connectivity index (χ2v) is 9.95. The number of aromatic nitrogens is 1. The Hall–Kier alpha value is -3.38. The average molecular weight is 471 g/mol. The molecule has 35 heavy (non-hydrogen) atoms. The topological polar surface area (TPSA) is 71.9 Å². The zero-order valence-corrected chi connectivity index (χ0v) is 19.9. The van der Waals surface area contributed by atoms with Gasteiger partial charge in [0.1, 0.15) is 6.61 Å². The molecule has 3 aliphatic rings. The van der Waals surface area contributed by atoms with E-state index in [9.17, 15) is 9.90 Å². The maximum absolute atomic E-state index is 13.4. The van der Waals surface area contributed by atoms with Gasteiger partial charge in [-0.05, 0) is 53.6 Å². The molecule has 2 aromatic carbocycles. The van der Waals surface area contributed by atoms with Gasteiger partial charge in [0.05, 0.1) is 12.7 Å². The smallest absolute Gasteiger partial charge is 0.410 e. The van der Waals surface area contributed by atoms with E-state index in [0.29, 0.717) is 30.9 Å². The van der Waals surface area contributed by atoms with E-state index >= 15 is 0 Å². The SMILES string of the molecule is COc1ncccc1C1(O)CC2CCCC(C1)N2C(=O)OCC1c2ccccc2-c2ccccc21. The number of pyridine rings is 1. The minimum Gasteiger partial charge on any atom is -0.481 e. The highest BCUT2D eigenvalue weighted by molar-refractivity contribution is 5.79. The summed E-state index contributed by atoms with van der Waals surface area (Å²) in [5.41, 5.74) is 4.47. The van der Waals surface area contributed by atoms with E-state index in [2.05, 4.69) is 41.4 Å². The van der Waals surface area contributed by atoms with E-state index in [1.165, 1.54) is 22.3 Å². The summed E-state index contributed by atoms with van der Waals surface area (Å²) >= 11 is 0. The Kier molecular flexibility index (Phi) is 5.49. The van der Waals surface area contributed by atoms with Crippen molar-refractivity contribution >= 4 is 6.09 Å². The molecule has 3 aromatic rings. The van der Waals surface area contributed by atoms with Crippen molar-refractivity contribution in [3.05, 3.63) is 83.6 Å². The number of hydrogen-bond acceptors (Lipinski definition) is 5. The molecule has 1 aliphatic carbocycles. The molecule has 1 amide bonds. The van der Waals surface area contributed by atoms with Crippen LogP contribution in [0.2, 0.25) is 0 Å². The summed E-state index contributed by atoms with van der Waals surface area (Å²) in [5, 5.41) is 11.7. The van der Waals surface area contributed by atoms with Crippen LogP contribution in [-0.4, -0.2) is 46.9 Å². The van der Waals surface area contributed by atoms with Gasteiger partial charge < -0.3 is 19.5 Å². The maximum atomic E-state index is 13.4. The zero-order valence-electron chi connectivity index (χ0n) is 19.9. The molecule has 2 fully saturated rings. The largest absolute Gasteiger partial charge is 0.481 e. The van der Waals surface area contributed by atoms with Crippen LogP contribution in [0.3, 0.4) is 0 Å². The fourth-order valence-corrected chi connectivity index (χ4v) is 6.52. The van der Waals surface area contributed by atoms with Crippen LogP contribution in [0.15, 0.2) is 66.9 Å². The third-order valence-electron chi connectivity index (χ3n) is 8.02. The van der Waals surface area contributed by atoms with Crippen molar-refractivity contribution in [2.24, 2.45) is 0 Å². The third kappa shape index (κ3) is 3.67. The molecule has 2 saturated heterocycles.